The maximum Gasteiger partial charge on any atom is 0.139 e. The molecule has 7 atom stereocenters. The molecule has 4 aliphatic rings. The van der Waals surface area contributed by atoms with Gasteiger partial charge in [0.15, 0.2) is 0 Å². The Morgan fingerprint density at radius 2 is 1.86 bits per heavy atom. The van der Waals surface area contributed by atoms with Gasteiger partial charge in [0.25, 0.3) is 0 Å². The number of allylic oxidation sites excluding steroid dienone is 2. The Morgan fingerprint density at radius 3 is 2.64 bits per heavy atom. The van der Waals surface area contributed by atoms with E-state index >= 15 is 0 Å². The molecule has 122 valence electrons. The highest BCUT2D eigenvalue weighted by Gasteiger charge is 2.59. The van der Waals surface area contributed by atoms with Gasteiger partial charge in [-0.15, -0.1) is 0 Å². The zero-order valence-corrected chi connectivity index (χ0v) is 13.7. The summed E-state index contributed by atoms with van der Waals surface area (Å²) in [5.74, 6) is 1.39. The van der Waals surface area contributed by atoms with Gasteiger partial charge in [0, 0.05) is 11.8 Å². The lowest BCUT2D eigenvalue weighted by Crippen LogP contribution is -2.53. The number of fused-ring (bicyclic) bond motifs is 5. The quantitative estimate of drug-likeness (QED) is 0.677. The second-order valence-electron chi connectivity index (χ2n) is 8.71. The van der Waals surface area contributed by atoms with E-state index in [-0.39, 0.29) is 29.0 Å². The predicted octanol–water partition coefficient (Wildman–Crippen LogP) is 2.85. The number of Topliss-reactive ketones (excluding diaryl/α,β-unsaturated/α-hetero) is 1. The maximum atomic E-state index is 12.4. The molecular formula is C19H28O3. The minimum Gasteiger partial charge on any atom is -0.393 e. The maximum absolute atomic E-state index is 12.4. The number of ketones is 1. The summed E-state index contributed by atoms with van der Waals surface area (Å²) in [6.07, 6.45) is 7.66. The van der Waals surface area contributed by atoms with Crippen molar-refractivity contribution >= 4 is 5.78 Å². The fourth-order valence-electron chi connectivity index (χ4n) is 6.33. The van der Waals surface area contributed by atoms with E-state index in [4.69, 9.17) is 0 Å². The first-order valence-corrected chi connectivity index (χ1v) is 8.96. The van der Waals surface area contributed by atoms with E-state index in [1.807, 2.05) is 0 Å². The van der Waals surface area contributed by atoms with Crippen molar-refractivity contribution in [2.75, 3.05) is 0 Å². The van der Waals surface area contributed by atoms with Gasteiger partial charge < -0.3 is 10.2 Å². The van der Waals surface area contributed by atoms with Gasteiger partial charge in [0.2, 0.25) is 0 Å². The zero-order valence-electron chi connectivity index (χ0n) is 13.7. The summed E-state index contributed by atoms with van der Waals surface area (Å²) in [5.41, 5.74) is 1.34. The molecule has 4 rings (SSSR count). The molecular weight excluding hydrogens is 276 g/mol. The summed E-state index contributed by atoms with van der Waals surface area (Å²) in [5, 5.41) is 20.8. The van der Waals surface area contributed by atoms with Crippen molar-refractivity contribution in [3.8, 4) is 0 Å². The molecule has 0 aromatic rings. The van der Waals surface area contributed by atoms with Crippen LogP contribution in [0.2, 0.25) is 0 Å². The van der Waals surface area contributed by atoms with Gasteiger partial charge in [0.1, 0.15) is 5.78 Å². The summed E-state index contributed by atoms with van der Waals surface area (Å²) in [7, 11) is 0. The van der Waals surface area contributed by atoms with Crippen LogP contribution in [0.15, 0.2) is 11.6 Å². The van der Waals surface area contributed by atoms with Crippen molar-refractivity contribution in [3.63, 3.8) is 0 Å². The highest BCUT2D eigenvalue weighted by Crippen LogP contribution is 2.63. The molecule has 3 fully saturated rings. The van der Waals surface area contributed by atoms with Crippen molar-refractivity contribution in [2.45, 2.75) is 71.0 Å². The van der Waals surface area contributed by atoms with Crippen LogP contribution >= 0.6 is 0 Å². The van der Waals surface area contributed by atoms with Crippen LogP contribution in [0.3, 0.4) is 0 Å². The Morgan fingerprint density at radius 1 is 1.09 bits per heavy atom. The van der Waals surface area contributed by atoms with Gasteiger partial charge in [-0.2, -0.15) is 0 Å². The monoisotopic (exact) mass is 304 g/mol. The lowest BCUT2D eigenvalue weighted by atomic mass is 9.48. The number of aliphatic hydroxyl groups is 2. The molecule has 0 bridgehead atoms. The average Bonchev–Trinajstić information content (AvgIpc) is 2.77. The summed E-state index contributed by atoms with van der Waals surface area (Å²) < 4.78 is 0. The highest BCUT2D eigenvalue weighted by molar-refractivity contribution is 5.87. The Kier molecular flexibility index (Phi) is 3.16. The van der Waals surface area contributed by atoms with Crippen LogP contribution in [0.4, 0.5) is 0 Å². The van der Waals surface area contributed by atoms with Crippen LogP contribution in [-0.4, -0.2) is 28.2 Å². The third-order valence-electron chi connectivity index (χ3n) is 7.73. The molecule has 2 N–H and O–H groups in total. The van der Waals surface area contributed by atoms with Crippen LogP contribution in [0.5, 0.6) is 0 Å². The van der Waals surface area contributed by atoms with Gasteiger partial charge in [0.05, 0.1) is 12.2 Å². The van der Waals surface area contributed by atoms with Gasteiger partial charge in [-0.1, -0.05) is 25.5 Å². The largest absolute Gasteiger partial charge is 0.393 e. The Hall–Kier alpha value is -0.670. The van der Waals surface area contributed by atoms with Gasteiger partial charge in [-0.3, -0.25) is 4.79 Å². The van der Waals surface area contributed by atoms with E-state index in [0.29, 0.717) is 24.0 Å². The number of rotatable bonds is 0. The molecule has 22 heavy (non-hydrogen) atoms. The second kappa shape index (κ2) is 4.67. The normalized spacial score (nSPS) is 54.3. The van der Waals surface area contributed by atoms with Crippen LogP contribution in [0, 0.1) is 28.6 Å². The topological polar surface area (TPSA) is 57.5 Å². The van der Waals surface area contributed by atoms with Crippen LogP contribution < -0.4 is 0 Å². The first kappa shape index (κ1) is 14.9. The van der Waals surface area contributed by atoms with E-state index < -0.39 is 0 Å². The van der Waals surface area contributed by atoms with Gasteiger partial charge in [-0.25, -0.2) is 0 Å². The predicted molar refractivity (Wildman–Crippen MR) is 84.1 cm³/mol. The molecule has 3 nitrogen and oxygen atoms in total. The van der Waals surface area contributed by atoms with Crippen molar-refractivity contribution in [1.82, 2.24) is 0 Å². The van der Waals surface area contributed by atoms with E-state index in [2.05, 4.69) is 19.9 Å². The van der Waals surface area contributed by atoms with Crippen molar-refractivity contribution in [2.24, 2.45) is 28.6 Å². The first-order chi connectivity index (χ1) is 10.4. The Bertz CT molecular complexity index is 539. The van der Waals surface area contributed by atoms with E-state index in [0.717, 1.165) is 38.5 Å². The zero-order chi connectivity index (χ0) is 15.7. The Labute approximate surface area is 132 Å². The van der Waals surface area contributed by atoms with E-state index in [1.54, 1.807) is 0 Å². The molecule has 0 aromatic carbocycles. The molecule has 3 saturated carbocycles. The summed E-state index contributed by atoms with van der Waals surface area (Å²) in [6, 6.07) is 0. The fraction of sp³-hybridized carbons (Fsp3) is 0.842. The van der Waals surface area contributed by atoms with Crippen LogP contribution in [0.1, 0.15) is 58.8 Å². The smallest absolute Gasteiger partial charge is 0.139 e. The fourth-order valence-corrected chi connectivity index (χ4v) is 6.33. The molecule has 0 aromatic heterocycles. The van der Waals surface area contributed by atoms with E-state index in [1.165, 1.54) is 5.57 Å². The first-order valence-electron chi connectivity index (χ1n) is 8.96. The lowest BCUT2D eigenvalue weighted by Gasteiger charge is -2.57. The van der Waals surface area contributed by atoms with E-state index in [9.17, 15) is 15.0 Å². The molecule has 0 amide bonds. The number of aliphatic hydroxyl groups excluding tert-OH is 2. The third-order valence-corrected chi connectivity index (χ3v) is 7.73. The minimum atomic E-state index is -0.333. The molecule has 0 aliphatic heterocycles. The summed E-state index contributed by atoms with van der Waals surface area (Å²) in [4.78, 5) is 12.4. The Balaban J connectivity index is 1.75. The molecule has 0 spiro atoms. The van der Waals surface area contributed by atoms with Gasteiger partial charge >= 0.3 is 0 Å². The molecule has 0 heterocycles. The summed E-state index contributed by atoms with van der Waals surface area (Å²) >= 11 is 0. The van der Waals surface area contributed by atoms with Crippen LogP contribution in [0.25, 0.3) is 0 Å². The van der Waals surface area contributed by atoms with Crippen LogP contribution in [-0.2, 0) is 4.79 Å². The third kappa shape index (κ3) is 1.78. The standard InChI is InChI=1S/C19H28O3/c1-18-7-5-11(20)9-15(18)16(21)10-12-13-3-4-17(22)19(13,2)8-6-14(12)18/h6,11-13,15-16,20-21H,3-5,7-10H2,1-2H3/t11-,12-,13-,15+,16-,18+,19-/m0/s1. The van der Waals surface area contributed by atoms with Crippen molar-refractivity contribution < 1.29 is 15.0 Å². The SMILES string of the molecule is C[C@]12CC[C@H](O)C[C@@H]1[C@@H](O)C[C@@H]1C2=CC[C@]2(C)C(=O)CC[C@@H]12. The highest BCUT2D eigenvalue weighted by atomic mass is 16.3. The second-order valence-corrected chi connectivity index (χ2v) is 8.71. The molecule has 0 unspecified atom stereocenters. The molecule has 4 aliphatic carbocycles. The molecule has 0 saturated heterocycles. The number of carbonyl (C=O) groups is 1. The van der Waals surface area contributed by atoms with Gasteiger partial charge in [-0.05, 0) is 61.7 Å². The number of hydrogen-bond donors (Lipinski definition) is 2. The summed E-state index contributed by atoms with van der Waals surface area (Å²) in [6.45, 7) is 4.44. The minimum absolute atomic E-state index is 0.0224. The van der Waals surface area contributed by atoms with Crippen molar-refractivity contribution in [1.29, 1.82) is 0 Å². The molecule has 3 heteroatoms. The lowest BCUT2D eigenvalue weighted by molar-refractivity contribution is -0.129. The number of carbonyl (C=O) groups excluding carboxylic acids is 1. The average molecular weight is 304 g/mol. The van der Waals surface area contributed by atoms with Crippen molar-refractivity contribution in [3.05, 3.63) is 11.6 Å². The molecule has 0 radical (unpaired) electrons. The number of hydrogen-bond acceptors (Lipinski definition) is 3.